The molecule has 0 aliphatic rings. The molecule has 0 bridgehead atoms. The van der Waals surface area contributed by atoms with E-state index in [2.05, 4.69) is 21.9 Å². The van der Waals surface area contributed by atoms with E-state index in [-0.39, 0.29) is 6.54 Å². The van der Waals surface area contributed by atoms with Gasteiger partial charge in [0.15, 0.2) is 5.96 Å². The molecular weight excluding hydrogens is 341 g/mol. The summed E-state index contributed by atoms with van der Waals surface area (Å²) in [5.41, 5.74) is 0.666. The Morgan fingerprint density at radius 2 is 1.95 bits per heavy atom. The third kappa shape index (κ3) is 7.58. The Kier molecular flexibility index (Phi) is 9.71. The molecule has 3 N–H and O–H groups in total. The molecule has 7 heteroatoms. The van der Waals surface area contributed by atoms with Gasteiger partial charge in [-0.1, -0.05) is 23.2 Å². The Bertz CT molecular complexity index is 466. The highest BCUT2D eigenvalue weighted by atomic mass is 35.5. The first-order valence-corrected chi connectivity index (χ1v) is 9.37. The highest BCUT2D eigenvalue weighted by Gasteiger charge is 2.09. The van der Waals surface area contributed by atoms with E-state index in [1.807, 2.05) is 18.7 Å². The molecule has 0 heterocycles. The molecule has 0 aliphatic carbocycles. The van der Waals surface area contributed by atoms with E-state index in [1.54, 1.807) is 18.2 Å². The molecule has 124 valence electrons. The van der Waals surface area contributed by atoms with Gasteiger partial charge in [0.25, 0.3) is 0 Å². The summed E-state index contributed by atoms with van der Waals surface area (Å²) in [5, 5.41) is 17.6. The van der Waals surface area contributed by atoms with Crippen LogP contribution in [0.15, 0.2) is 23.2 Å². The minimum absolute atomic E-state index is 0.245. The van der Waals surface area contributed by atoms with Crippen LogP contribution in [0.25, 0.3) is 0 Å². The lowest BCUT2D eigenvalue weighted by Crippen LogP contribution is -2.38. The van der Waals surface area contributed by atoms with Crippen molar-refractivity contribution in [2.75, 3.05) is 31.6 Å². The lowest BCUT2D eigenvalue weighted by Gasteiger charge is -2.13. The number of rotatable bonds is 8. The van der Waals surface area contributed by atoms with E-state index in [0.717, 1.165) is 25.3 Å². The van der Waals surface area contributed by atoms with Crippen LogP contribution >= 0.6 is 35.0 Å². The smallest absolute Gasteiger partial charge is 0.191 e. The van der Waals surface area contributed by atoms with E-state index in [9.17, 15) is 5.11 Å². The van der Waals surface area contributed by atoms with Gasteiger partial charge in [-0.25, -0.2) is 0 Å². The van der Waals surface area contributed by atoms with Crippen molar-refractivity contribution in [2.45, 2.75) is 19.4 Å². The molecule has 1 aromatic carbocycles. The number of halogens is 2. The molecule has 0 aliphatic heterocycles. The lowest BCUT2D eigenvalue weighted by molar-refractivity contribution is 0.187. The molecular formula is C15H23Cl2N3OS. The monoisotopic (exact) mass is 363 g/mol. The minimum atomic E-state index is -0.738. The summed E-state index contributed by atoms with van der Waals surface area (Å²) in [6.07, 6.45) is 2.42. The van der Waals surface area contributed by atoms with Gasteiger partial charge in [0, 0.05) is 23.1 Å². The number of nitrogens with one attached hydrogen (secondary N) is 2. The number of thioether (sulfide) groups is 1. The molecule has 0 saturated carbocycles. The van der Waals surface area contributed by atoms with E-state index in [0.29, 0.717) is 21.6 Å². The van der Waals surface area contributed by atoms with Crippen molar-refractivity contribution < 1.29 is 5.11 Å². The fourth-order valence-corrected chi connectivity index (χ4v) is 2.79. The maximum atomic E-state index is 10.2. The SMILES string of the molecule is CCNC(=NCC(O)c1cc(Cl)cc(Cl)c1)NCCCSC. The predicted molar refractivity (Wildman–Crippen MR) is 98.4 cm³/mol. The van der Waals surface area contributed by atoms with Crippen LogP contribution in [0.3, 0.4) is 0 Å². The van der Waals surface area contributed by atoms with Gasteiger partial charge in [0.05, 0.1) is 12.6 Å². The summed E-state index contributed by atoms with van der Waals surface area (Å²) in [6, 6.07) is 5.04. The van der Waals surface area contributed by atoms with Gasteiger partial charge < -0.3 is 15.7 Å². The summed E-state index contributed by atoms with van der Waals surface area (Å²) in [4.78, 5) is 4.40. The summed E-state index contributed by atoms with van der Waals surface area (Å²) >= 11 is 13.7. The molecule has 1 aromatic rings. The largest absolute Gasteiger partial charge is 0.386 e. The number of aliphatic hydroxyl groups is 1. The molecule has 0 radical (unpaired) electrons. The molecule has 4 nitrogen and oxygen atoms in total. The third-order valence-electron chi connectivity index (χ3n) is 2.85. The van der Waals surface area contributed by atoms with Crippen molar-refractivity contribution >= 4 is 40.9 Å². The Balaban J connectivity index is 2.59. The number of benzene rings is 1. The number of hydrogen-bond donors (Lipinski definition) is 3. The Morgan fingerprint density at radius 1 is 1.27 bits per heavy atom. The van der Waals surface area contributed by atoms with Gasteiger partial charge in [-0.15, -0.1) is 0 Å². The van der Waals surface area contributed by atoms with Crippen LogP contribution in [0.1, 0.15) is 25.0 Å². The maximum Gasteiger partial charge on any atom is 0.191 e. The normalized spacial score (nSPS) is 13.0. The van der Waals surface area contributed by atoms with E-state index >= 15 is 0 Å². The highest BCUT2D eigenvalue weighted by Crippen LogP contribution is 2.23. The number of aliphatic imine (C=N–C) groups is 1. The van der Waals surface area contributed by atoms with Crippen molar-refractivity contribution in [2.24, 2.45) is 4.99 Å². The van der Waals surface area contributed by atoms with Crippen molar-refractivity contribution in [3.63, 3.8) is 0 Å². The first-order chi connectivity index (χ1) is 10.6. The summed E-state index contributed by atoms with van der Waals surface area (Å²) in [5.74, 6) is 1.81. The molecule has 1 unspecified atom stereocenters. The highest BCUT2D eigenvalue weighted by molar-refractivity contribution is 7.98. The predicted octanol–water partition coefficient (Wildman–Crippen LogP) is 3.34. The van der Waals surface area contributed by atoms with Crippen LogP contribution in [-0.2, 0) is 0 Å². The summed E-state index contributed by atoms with van der Waals surface area (Å²) < 4.78 is 0. The molecule has 0 spiro atoms. The van der Waals surface area contributed by atoms with Crippen LogP contribution in [0.4, 0.5) is 0 Å². The summed E-state index contributed by atoms with van der Waals surface area (Å²) in [6.45, 7) is 3.88. The van der Waals surface area contributed by atoms with E-state index in [1.165, 1.54) is 0 Å². The second-order valence-corrected chi connectivity index (χ2v) is 6.57. The minimum Gasteiger partial charge on any atom is -0.386 e. The average Bonchev–Trinajstić information content (AvgIpc) is 2.47. The second kappa shape index (κ2) is 11.0. The van der Waals surface area contributed by atoms with Crippen LogP contribution in [0, 0.1) is 0 Å². The van der Waals surface area contributed by atoms with Crippen LogP contribution in [0.5, 0.6) is 0 Å². The lowest BCUT2D eigenvalue weighted by atomic mass is 10.1. The Morgan fingerprint density at radius 3 is 2.55 bits per heavy atom. The zero-order valence-electron chi connectivity index (χ0n) is 12.9. The molecule has 0 aromatic heterocycles. The van der Waals surface area contributed by atoms with E-state index < -0.39 is 6.10 Å². The number of nitrogens with zero attached hydrogens (tertiary/aromatic N) is 1. The molecule has 0 saturated heterocycles. The molecule has 22 heavy (non-hydrogen) atoms. The molecule has 0 amide bonds. The van der Waals surface area contributed by atoms with Gasteiger partial charge >= 0.3 is 0 Å². The maximum absolute atomic E-state index is 10.2. The topological polar surface area (TPSA) is 56.7 Å². The molecule has 1 atom stereocenters. The van der Waals surface area contributed by atoms with E-state index in [4.69, 9.17) is 23.2 Å². The van der Waals surface area contributed by atoms with Crippen LogP contribution in [0.2, 0.25) is 10.0 Å². The Hall–Kier alpha value is -0.620. The number of aliphatic hydroxyl groups excluding tert-OH is 1. The van der Waals surface area contributed by atoms with Crippen LogP contribution in [-0.4, -0.2) is 42.7 Å². The van der Waals surface area contributed by atoms with Gasteiger partial charge in [-0.05, 0) is 49.1 Å². The van der Waals surface area contributed by atoms with Gasteiger partial charge in [0.2, 0.25) is 0 Å². The van der Waals surface area contributed by atoms with Crippen molar-refractivity contribution in [3.8, 4) is 0 Å². The third-order valence-corrected chi connectivity index (χ3v) is 3.99. The molecule has 0 fully saturated rings. The summed E-state index contributed by atoms with van der Waals surface area (Å²) in [7, 11) is 0. The number of hydrogen-bond acceptors (Lipinski definition) is 3. The quantitative estimate of drug-likeness (QED) is 0.376. The van der Waals surface area contributed by atoms with Gasteiger partial charge in [-0.2, -0.15) is 11.8 Å². The van der Waals surface area contributed by atoms with Crippen molar-refractivity contribution in [1.29, 1.82) is 0 Å². The number of guanidine groups is 1. The zero-order chi connectivity index (χ0) is 16.4. The average molecular weight is 364 g/mol. The fraction of sp³-hybridized carbons (Fsp3) is 0.533. The fourth-order valence-electron chi connectivity index (χ4n) is 1.82. The Labute approximate surface area is 146 Å². The molecule has 1 rings (SSSR count). The second-order valence-electron chi connectivity index (χ2n) is 4.71. The first kappa shape index (κ1) is 19.4. The standard InChI is InChI=1S/C15H23Cl2N3OS/c1-3-18-15(19-5-4-6-22-2)20-10-14(21)11-7-12(16)9-13(17)8-11/h7-9,14,21H,3-6,10H2,1-2H3,(H2,18,19,20). The van der Waals surface area contributed by atoms with Crippen molar-refractivity contribution in [3.05, 3.63) is 33.8 Å². The van der Waals surface area contributed by atoms with Crippen LogP contribution < -0.4 is 10.6 Å². The van der Waals surface area contributed by atoms with Crippen molar-refractivity contribution in [1.82, 2.24) is 10.6 Å². The first-order valence-electron chi connectivity index (χ1n) is 7.22. The van der Waals surface area contributed by atoms with Gasteiger partial charge in [-0.3, -0.25) is 4.99 Å². The zero-order valence-corrected chi connectivity index (χ0v) is 15.2. The van der Waals surface area contributed by atoms with Gasteiger partial charge in [0.1, 0.15) is 0 Å².